The molecule has 0 bridgehead atoms. The van der Waals surface area contributed by atoms with E-state index in [-0.39, 0.29) is 24.0 Å². The van der Waals surface area contributed by atoms with Gasteiger partial charge in [-0.25, -0.2) is 0 Å². The van der Waals surface area contributed by atoms with Crippen LogP contribution in [0.4, 0.5) is 0 Å². The number of guanidine groups is 1. The van der Waals surface area contributed by atoms with E-state index in [9.17, 15) is 0 Å². The molecular formula is C15H24IN3S. The van der Waals surface area contributed by atoms with E-state index in [2.05, 4.69) is 45.7 Å². The summed E-state index contributed by atoms with van der Waals surface area (Å²) in [6.07, 6.45) is 4.45. The Morgan fingerprint density at radius 2 is 2.10 bits per heavy atom. The summed E-state index contributed by atoms with van der Waals surface area (Å²) < 4.78 is 0. The summed E-state index contributed by atoms with van der Waals surface area (Å²) >= 11 is 1.89. The molecule has 5 heteroatoms. The number of nitrogens with zero attached hydrogens (tertiary/aromatic N) is 2. The number of fused-ring (bicyclic) bond motifs is 1. The van der Waals surface area contributed by atoms with E-state index in [4.69, 9.17) is 0 Å². The maximum absolute atomic E-state index is 4.41. The van der Waals surface area contributed by atoms with Crippen LogP contribution < -0.4 is 5.32 Å². The molecule has 1 aromatic rings. The van der Waals surface area contributed by atoms with Gasteiger partial charge < -0.3 is 10.2 Å². The highest BCUT2D eigenvalue weighted by Gasteiger charge is 2.18. The summed E-state index contributed by atoms with van der Waals surface area (Å²) in [6, 6.07) is 8.71. The number of halogens is 1. The molecule has 20 heavy (non-hydrogen) atoms. The fraction of sp³-hybridized carbons (Fsp3) is 0.533. The van der Waals surface area contributed by atoms with Crippen LogP contribution in [0.25, 0.3) is 0 Å². The Morgan fingerprint density at radius 1 is 1.35 bits per heavy atom. The van der Waals surface area contributed by atoms with Gasteiger partial charge in [-0.15, -0.1) is 24.0 Å². The third-order valence-corrected chi connectivity index (χ3v) is 4.15. The molecular weight excluding hydrogens is 381 g/mol. The highest BCUT2D eigenvalue weighted by Crippen LogP contribution is 2.18. The van der Waals surface area contributed by atoms with Crippen LogP contribution in [0.5, 0.6) is 0 Å². The fourth-order valence-corrected chi connectivity index (χ4v) is 2.86. The van der Waals surface area contributed by atoms with Crippen molar-refractivity contribution in [2.45, 2.75) is 19.4 Å². The Labute approximate surface area is 143 Å². The van der Waals surface area contributed by atoms with E-state index < -0.39 is 0 Å². The number of benzene rings is 1. The van der Waals surface area contributed by atoms with Crippen molar-refractivity contribution >= 4 is 41.7 Å². The van der Waals surface area contributed by atoms with Crippen molar-refractivity contribution in [3.63, 3.8) is 0 Å². The predicted molar refractivity (Wildman–Crippen MR) is 100 cm³/mol. The number of hydrogen-bond donors (Lipinski definition) is 1. The molecule has 1 N–H and O–H groups in total. The minimum atomic E-state index is 0. The van der Waals surface area contributed by atoms with Crippen molar-refractivity contribution in [3.8, 4) is 0 Å². The third kappa shape index (κ3) is 4.84. The maximum atomic E-state index is 4.41. The molecule has 0 aromatic heterocycles. The number of aliphatic imine (C=N–C) groups is 1. The second kappa shape index (κ2) is 9.50. The summed E-state index contributed by atoms with van der Waals surface area (Å²) in [5.41, 5.74) is 2.91. The molecule has 1 aliphatic rings. The van der Waals surface area contributed by atoms with Crippen LogP contribution in [0, 0.1) is 0 Å². The lowest BCUT2D eigenvalue weighted by atomic mass is 10.0. The van der Waals surface area contributed by atoms with Crippen LogP contribution in [0.3, 0.4) is 0 Å². The minimum Gasteiger partial charge on any atom is -0.356 e. The molecule has 0 aliphatic carbocycles. The summed E-state index contributed by atoms with van der Waals surface area (Å²) in [5.74, 6) is 2.24. The van der Waals surface area contributed by atoms with Gasteiger partial charge in [0.25, 0.3) is 0 Å². The van der Waals surface area contributed by atoms with Gasteiger partial charge in [-0.1, -0.05) is 24.3 Å². The first-order valence-electron chi connectivity index (χ1n) is 6.86. The number of rotatable bonds is 4. The van der Waals surface area contributed by atoms with Gasteiger partial charge in [-0.3, -0.25) is 4.99 Å². The second-order valence-corrected chi connectivity index (χ2v) is 5.75. The lowest BCUT2D eigenvalue weighted by Crippen LogP contribution is -2.44. The Morgan fingerprint density at radius 3 is 2.80 bits per heavy atom. The zero-order chi connectivity index (χ0) is 13.5. The van der Waals surface area contributed by atoms with Gasteiger partial charge in [0.1, 0.15) is 0 Å². The van der Waals surface area contributed by atoms with Crippen molar-refractivity contribution in [1.82, 2.24) is 10.2 Å². The first kappa shape index (κ1) is 17.6. The molecule has 0 saturated carbocycles. The van der Waals surface area contributed by atoms with E-state index in [0.29, 0.717) is 0 Å². The molecule has 0 unspecified atom stereocenters. The van der Waals surface area contributed by atoms with Crippen LogP contribution in [0.2, 0.25) is 0 Å². The monoisotopic (exact) mass is 405 g/mol. The number of nitrogens with one attached hydrogen (secondary N) is 1. The molecule has 0 radical (unpaired) electrons. The molecule has 3 nitrogen and oxygen atoms in total. The van der Waals surface area contributed by atoms with Crippen molar-refractivity contribution in [3.05, 3.63) is 35.4 Å². The predicted octanol–water partition coefficient (Wildman–Crippen LogP) is 2.99. The average Bonchev–Trinajstić information content (AvgIpc) is 2.47. The van der Waals surface area contributed by atoms with Gasteiger partial charge in [0.05, 0.1) is 0 Å². The third-order valence-electron chi connectivity index (χ3n) is 3.45. The van der Waals surface area contributed by atoms with Crippen molar-refractivity contribution in [2.24, 2.45) is 4.99 Å². The Kier molecular flexibility index (Phi) is 8.37. The molecule has 1 heterocycles. The second-order valence-electron chi connectivity index (χ2n) is 4.76. The van der Waals surface area contributed by atoms with E-state index >= 15 is 0 Å². The molecule has 0 spiro atoms. The van der Waals surface area contributed by atoms with Crippen LogP contribution in [-0.2, 0) is 13.0 Å². The highest BCUT2D eigenvalue weighted by molar-refractivity contribution is 14.0. The number of thioether (sulfide) groups is 1. The van der Waals surface area contributed by atoms with Crippen molar-refractivity contribution in [2.75, 3.05) is 32.1 Å². The van der Waals surface area contributed by atoms with Crippen LogP contribution >= 0.6 is 35.7 Å². The summed E-state index contributed by atoms with van der Waals surface area (Å²) in [5, 5.41) is 3.47. The Hall–Kier alpha value is -0.430. The fourth-order valence-electron chi connectivity index (χ4n) is 2.43. The lowest BCUT2D eigenvalue weighted by Gasteiger charge is -2.31. The van der Waals surface area contributed by atoms with Gasteiger partial charge in [0.15, 0.2) is 5.96 Å². The standard InChI is InChI=1S/C15H23N3S.HI/c1-16-15(17-9-5-11-19-2)18-10-8-13-6-3-4-7-14(13)12-18;/h3-4,6-7H,5,8-12H2,1-2H3,(H,16,17);1H. The summed E-state index contributed by atoms with van der Waals surface area (Å²) in [4.78, 5) is 6.76. The number of hydrogen-bond acceptors (Lipinski definition) is 2. The van der Waals surface area contributed by atoms with Gasteiger partial charge >= 0.3 is 0 Å². The van der Waals surface area contributed by atoms with E-state index in [1.54, 1.807) is 0 Å². The molecule has 1 aromatic carbocycles. The van der Waals surface area contributed by atoms with E-state index in [1.165, 1.54) is 23.3 Å². The summed E-state index contributed by atoms with van der Waals surface area (Å²) in [7, 11) is 1.87. The molecule has 0 fully saturated rings. The van der Waals surface area contributed by atoms with Gasteiger partial charge in [0, 0.05) is 26.7 Å². The smallest absolute Gasteiger partial charge is 0.193 e. The Balaban J connectivity index is 0.00000200. The Bertz CT molecular complexity index is 437. The van der Waals surface area contributed by atoms with Crippen molar-refractivity contribution in [1.29, 1.82) is 0 Å². The first-order chi connectivity index (χ1) is 9.35. The first-order valence-corrected chi connectivity index (χ1v) is 8.26. The molecule has 0 atom stereocenters. The largest absolute Gasteiger partial charge is 0.356 e. The van der Waals surface area contributed by atoms with Crippen LogP contribution in [-0.4, -0.2) is 43.0 Å². The van der Waals surface area contributed by atoms with E-state index in [0.717, 1.165) is 32.0 Å². The normalized spacial score (nSPS) is 14.5. The SMILES string of the molecule is CN=C(NCCCSC)N1CCc2ccccc2C1.I. The molecule has 0 amide bonds. The average molecular weight is 405 g/mol. The lowest BCUT2D eigenvalue weighted by molar-refractivity contribution is 0.379. The van der Waals surface area contributed by atoms with Crippen molar-refractivity contribution < 1.29 is 0 Å². The topological polar surface area (TPSA) is 27.6 Å². The van der Waals surface area contributed by atoms with E-state index in [1.807, 2.05) is 18.8 Å². The highest BCUT2D eigenvalue weighted by atomic mass is 127. The zero-order valence-electron chi connectivity index (χ0n) is 12.3. The van der Waals surface area contributed by atoms with Gasteiger partial charge in [-0.05, 0) is 36.0 Å². The quantitative estimate of drug-likeness (QED) is 0.361. The van der Waals surface area contributed by atoms with Crippen LogP contribution in [0.15, 0.2) is 29.3 Å². The minimum absolute atomic E-state index is 0. The molecule has 1 aliphatic heterocycles. The molecule has 2 rings (SSSR count). The van der Waals surface area contributed by atoms with Crippen LogP contribution in [0.1, 0.15) is 17.5 Å². The summed E-state index contributed by atoms with van der Waals surface area (Å²) in [6.45, 7) is 3.03. The zero-order valence-corrected chi connectivity index (χ0v) is 15.4. The van der Waals surface area contributed by atoms with Gasteiger partial charge in [-0.2, -0.15) is 11.8 Å². The van der Waals surface area contributed by atoms with Gasteiger partial charge in [0.2, 0.25) is 0 Å². The molecule has 0 saturated heterocycles. The molecule has 112 valence electrons. The maximum Gasteiger partial charge on any atom is 0.193 e.